The molecule has 2 aliphatic rings. The number of halogens is 2. The molecule has 0 radical (unpaired) electrons. The number of piperidine rings is 1. The van der Waals surface area contributed by atoms with Crippen LogP contribution in [0.3, 0.4) is 0 Å². The molecule has 0 bridgehead atoms. The third kappa shape index (κ3) is 5.46. The lowest BCUT2D eigenvalue weighted by atomic mass is 9.71. The van der Waals surface area contributed by atoms with Gasteiger partial charge in [-0.3, -0.25) is 4.79 Å². The minimum atomic E-state index is -0.625. The Morgan fingerprint density at radius 1 is 1.24 bits per heavy atom. The van der Waals surface area contributed by atoms with Crippen LogP contribution < -0.4 is 10.4 Å². The number of carbonyl (C=O) groups excluding carboxylic acids is 1. The lowest BCUT2D eigenvalue weighted by Crippen LogP contribution is -2.54. The maximum absolute atomic E-state index is 14.1. The van der Waals surface area contributed by atoms with Crippen molar-refractivity contribution >= 4 is 32.8 Å². The summed E-state index contributed by atoms with van der Waals surface area (Å²) in [4.78, 5) is 27.6. The van der Waals surface area contributed by atoms with Gasteiger partial charge in [-0.2, -0.15) is 0 Å². The van der Waals surface area contributed by atoms with Crippen molar-refractivity contribution < 1.29 is 23.4 Å². The number of rotatable bonds is 6. The smallest absolute Gasteiger partial charge is 0.339 e. The van der Waals surface area contributed by atoms with Crippen molar-refractivity contribution in [1.82, 2.24) is 4.90 Å². The Kier molecular flexibility index (Phi) is 7.41. The molecule has 1 saturated heterocycles. The van der Waals surface area contributed by atoms with Crippen LogP contribution in [-0.2, 0) is 17.8 Å². The summed E-state index contributed by atoms with van der Waals surface area (Å²) in [5, 5.41) is 11.7. The molecule has 37 heavy (non-hydrogen) atoms. The van der Waals surface area contributed by atoms with Crippen molar-refractivity contribution in [3.05, 3.63) is 73.8 Å². The van der Waals surface area contributed by atoms with Gasteiger partial charge in [-0.1, -0.05) is 34.8 Å². The first-order valence-corrected chi connectivity index (χ1v) is 13.7. The Labute approximate surface area is 223 Å². The monoisotopic (exact) mass is 571 g/mol. The van der Waals surface area contributed by atoms with Gasteiger partial charge in [0.1, 0.15) is 23.8 Å². The molecule has 3 aromatic rings. The lowest BCUT2D eigenvalue weighted by Gasteiger charge is -2.47. The summed E-state index contributed by atoms with van der Waals surface area (Å²) in [6, 6.07) is 10.00. The van der Waals surface area contributed by atoms with Crippen LogP contribution >= 0.6 is 15.9 Å². The normalized spacial score (nSPS) is 21.6. The number of hydrogen-bond donors (Lipinski definition) is 1. The Morgan fingerprint density at radius 2 is 2.08 bits per heavy atom. The number of carbonyl (C=O) groups is 1. The molecule has 0 spiro atoms. The van der Waals surface area contributed by atoms with E-state index in [1.807, 2.05) is 17.9 Å². The van der Waals surface area contributed by atoms with Gasteiger partial charge in [0, 0.05) is 52.5 Å². The van der Waals surface area contributed by atoms with Gasteiger partial charge in [0.25, 0.3) is 0 Å². The van der Waals surface area contributed by atoms with Crippen LogP contribution in [0.4, 0.5) is 4.39 Å². The summed E-state index contributed by atoms with van der Waals surface area (Å²) in [5.74, 6) is 0.252. The van der Waals surface area contributed by atoms with E-state index in [9.17, 15) is 19.1 Å². The average molecular weight is 572 g/mol. The molecule has 1 N–H and O–H groups in total. The van der Waals surface area contributed by atoms with Crippen LogP contribution in [0.5, 0.6) is 5.75 Å². The van der Waals surface area contributed by atoms with Gasteiger partial charge in [-0.25, -0.2) is 9.18 Å². The molecule has 2 aromatic carbocycles. The fraction of sp³-hybridized carbons (Fsp3) is 0.448. The minimum Gasteiger partial charge on any atom is -0.489 e. The number of fused-ring (bicyclic) bond motifs is 2. The third-order valence-electron chi connectivity index (χ3n) is 8.04. The predicted octanol–water partition coefficient (Wildman–Crippen LogP) is 5.67. The van der Waals surface area contributed by atoms with Crippen molar-refractivity contribution in [3.8, 4) is 5.75 Å². The summed E-state index contributed by atoms with van der Waals surface area (Å²) in [6.07, 6.45) is 5.08. The van der Waals surface area contributed by atoms with E-state index in [-0.39, 0.29) is 30.7 Å². The first kappa shape index (κ1) is 25.9. The van der Waals surface area contributed by atoms with E-state index in [4.69, 9.17) is 9.15 Å². The van der Waals surface area contributed by atoms with Crippen LogP contribution in [0.15, 0.2) is 50.1 Å². The lowest BCUT2D eigenvalue weighted by molar-refractivity contribution is -0.143. The van der Waals surface area contributed by atoms with Gasteiger partial charge in [0.15, 0.2) is 0 Å². The number of nitrogens with zero attached hydrogens (tertiary/aromatic N) is 1. The summed E-state index contributed by atoms with van der Waals surface area (Å²) >= 11 is 3.24. The summed E-state index contributed by atoms with van der Waals surface area (Å²) in [7, 11) is 0. The van der Waals surface area contributed by atoms with E-state index in [2.05, 4.69) is 15.9 Å². The first-order chi connectivity index (χ1) is 17.7. The summed E-state index contributed by atoms with van der Waals surface area (Å²) in [5.41, 5.74) is 0.999. The molecule has 8 heteroatoms. The zero-order valence-corrected chi connectivity index (χ0v) is 22.5. The molecule has 1 saturated carbocycles. The average Bonchev–Trinajstić information content (AvgIpc) is 2.87. The van der Waals surface area contributed by atoms with E-state index in [0.29, 0.717) is 52.9 Å². The zero-order valence-electron chi connectivity index (χ0n) is 20.9. The second-order valence-electron chi connectivity index (χ2n) is 10.3. The standard InChI is InChI=1S/C29H31BrFNO5/c1-18-23-8-7-22(36-17-19-5-6-21(30)14-25(19)31)15-26(23)37-28(34)24(18)9-10-27(33)32-13-12-29(35)11-3-2-4-20(29)16-32/h5-8,14-15,20,35H,2-4,9-13,16-17H2,1H3/t20-,29+/m1/s1. The van der Waals surface area contributed by atoms with Gasteiger partial charge in [0.2, 0.25) is 5.91 Å². The largest absolute Gasteiger partial charge is 0.489 e. The first-order valence-electron chi connectivity index (χ1n) is 12.9. The van der Waals surface area contributed by atoms with Crippen molar-refractivity contribution in [2.75, 3.05) is 13.1 Å². The van der Waals surface area contributed by atoms with Crippen LogP contribution in [0.25, 0.3) is 11.0 Å². The quantitative estimate of drug-likeness (QED) is 0.386. The van der Waals surface area contributed by atoms with Crippen molar-refractivity contribution in [3.63, 3.8) is 0 Å². The van der Waals surface area contributed by atoms with Gasteiger partial charge in [-0.15, -0.1) is 0 Å². The Bertz CT molecular complexity index is 1390. The topological polar surface area (TPSA) is 80.0 Å². The Hall–Kier alpha value is -2.71. The predicted molar refractivity (Wildman–Crippen MR) is 142 cm³/mol. The molecule has 0 unspecified atom stereocenters. The fourth-order valence-corrected chi connectivity index (χ4v) is 6.07. The highest BCUT2D eigenvalue weighted by atomic mass is 79.9. The number of aliphatic hydroxyl groups is 1. The maximum Gasteiger partial charge on any atom is 0.339 e. The molecule has 6 nitrogen and oxygen atoms in total. The fourth-order valence-electron chi connectivity index (χ4n) is 5.74. The van der Waals surface area contributed by atoms with E-state index in [1.165, 1.54) is 6.07 Å². The summed E-state index contributed by atoms with van der Waals surface area (Å²) < 4.78 is 26.1. The second kappa shape index (κ2) is 10.6. The molecule has 2 fully saturated rings. The van der Waals surface area contributed by atoms with E-state index < -0.39 is 11.2 Å². The number of amides is 1. The maximum atomic E-state index is 14.1. The Balaban J connectivity index is 1.25. The van der Waals surface area contributed by atoms with Crippen LogP contribution in [0.2, 0.25) is 0 Å². The van der Waals surface area contributed by atoms with Crippen LogP contribution in [0.1, 0.15) is 55.2 Å². The van der Waals surface area contributed by atoms with Gasteiger partial charge < -0.3 is 19.2 Å². The summed E-state index contributed by atoms with van der Waals surface area (Å²) in [6.45, 7) is 3.06. The molecule has 2 atom stereocenters. The molecular formula is C29H31BrFNO5. The molecule has 1 aliphatic heterocycles. The van der Waals surface area contributed by atoms with Crippen molar-refractivity contribution in [1.29, 1.82) is 0 Å². The molecule has 2 heterocycles. The van der Waals surface area contributed by atoms with Crippen molar-refractivity contribution in [2.24, 2.45) is 5.92 Å². The molecule has 196 valence electrons. The molecule has 1 aromatic heterocycles. The highest BCUT2D eigenvalue weighted by Gasteiger charge is 2.43. The van der Waals surface area contributed by atoms with E-state index >= 15 is 0 Å². The highest BCUT2D eigenvalue weighted by Crippen LogP contribution is 2.40. The SMILES string of the molecule is Cc1c(CCC(=O)N2CC[C@@]3(O)CCCC[C@@H]3C2)c(=O)oc2cc(OCc3ccc(Br)cc3F)ccc12. The van der Waals surface area contributed by atoms with Gasteiger partial charge in [0.05, 0.1) is 5.60 Å². The van der Waals surface area contributed by atoms with Crippen LogP contribution in [-0.4, -0.2) is 34.6 Å². The molecular weight excluding hydrogens is 541 g/mol. The molecule has 1 amide bonds. The number of likely N-dealkylation sites (tertiary alicyclic amines) is 1. The number of aryl methyl sites for hydroxylation is 1. The van der Waals surface area contributed by atoms with Crippen LogP contribution in [0, 0.1) is 18.7 Å². The second-order valence-corrected chi connectivity index (χ2v) is 11.2. The zero-order chi connectivity index (χ0) is 26.2. The number of hydrogen-bond acceptors (Lipinski definition) is 5. The highest BCUT2D eigenvalue weighted by molar-refractivity contribution is 9.10. The van der Waals surface area contributed by atoms with Crippen molar-refractivity contribution in [2.45, 2.75) is 64.1 Å². The van der Waals surface area contributed by atoms with E-state index in [0.717, 1.165) is 36.6 Å². The van der Waals surface area contributed by atoms with E-state index in [1.54, 1.807) is 24.3 Å². The molecule has 5 rings (SSSR count). The van der Waals surface area contributed by atoms with Gasteiger partial charge >= 0.3 is 5.63 Å². The number of benzene rings is 2. The van der Waals surface area contributed by atoms with Gasteiger partial charge in [-0.05, 0) is 62.4 Å². The minimum absolute atomic E-state index is 0.00967. The number of ether oxygens (including phenoxy) is 1. The third-order valence-corrected chi connectivity index (χ3v) is 8.53. The Morgan fingerprint density at radius 3 is 2.89 bits per heavy atom. The molecule has 1 aliphatic carbocycles.